The zero-order valence-corrected chi connectivity index (χ0v) is 11.4. The smallest absolute Gasteiger partial charge is 0.123 e. The van der Waals surface area contributed by atoms with E-state index in [0.29, 0.717) is 6.04 Å². The second-order valence-corrected chi connectivity index (χ2v) is 4.70. The summed E-state index contributed by atoms with van der Waals surface area (Å²) in [6.07, 6.45) is 0. The minimum absolute atomic E-state index is 0.551. The summed E-state index contributed by atoms with van der Waals surface area (Å²) in [4.78, 5) is 2.47. The molecule has 18 heavy (non-hydrogen) atoms. The van der Waals surface area contributed by atoms with Gasteiger partial charge in [0.05, 0.1) is 14.2 Å². The van der Waals surface area contributed by atoms with Gasteiger partial charge >= 0.3 is 0 Å². The number of methoxy groups -OCH3 is 2. The number of benzene rings is 1. The predicted molar refractivity (Wildman–Crippen MR) is 72.3 cm³/mol. The topological polar surface area (TPSA) is 33.7 Å². The van der Waals surface area contributed by atoms with Crippen LogP contribution < -0.4 is 14.8 Å². The maximum atomic E-state index is 5.42. The van der Waals surface area contributed by atoms with Crippen LogP contribution in [0, 0.1) is 0 Å². The third kappa shape index (κ3) is 2.94. The summed E-state index contributed by atoms with van der Waals surface area (Å²) in [5, 5.41) is 3.40. The van der Waals surface area contributed by atoms with E-state index in [-0.39, 0.29) is 0 Å². The van der Waals surface area contributed by atoms with E-state index in [2.05, 4.69) is 23.2 Å². The molecule has 1 aliphatic rings. The van der Waals surface area contributed by atoms with Crippen LogP contribution in [0.25, 0.3) is 0 Å². The van der Waals surface area contributed by atoms with Gasteiger partial charge in [-0.25, -0.2) is 0 Å². The number of nitrogens with zero attached hydrogens (tertiary/aromatic N) is 1. The average Bonchev–Trinajstić information content (AvgIpc) is 2.41. The second-order valence-electron chi connectivity index (χ2n) is 4.70. The van der Waals surface area contributed by atoms with Crippen LogP contribution in [-0.4, -0.2) is 44.8 Å². The molecule has 4 heteroatoms. The molecule has 1 atom stereocenters. The highest BCUT2D eigenvalue weighted by molar-refractivity contribution is 5.40. The predicted octanol–water partition coefficient (Wildman–Crippen LogP) is 1.50. The van der Waals surface area contributed by atoms with Gasteiger partial charge in [-0.15, -0.1) is 0 Å². The van der Waals surface area contributed by atoms with E-state index < -0.39 is 0 Å². The van der Waals surface area contributed by atoms with E-state index in [9.17, 15) is 0 Å². The minimum Gasteiger partial charge on any atom is -0.497 e. The summed E-state index contributed by atoms with van der Waals surface area (Å²) in [6, 6.07) is 6.52. The molecule has 4 nitrogen and oxygen atoms in total. The van der Waals surface area contributed by atoms with Gasteiger partial charge in [-0.2, -0.15) is 0 Å². The first-order valence-electron chi connectivity index (χ1n) is 6.40. The molecule has 0 unspecified atom stereocenters. The number of rotatable bonds is 4. The molecule has 1 aromatic rings. The Bertz CT molecular complexity index is 395. The van der Waals surface area contributed by atoms with Crippen LogP contribution in [0.3, 0.4) is 0 Å². The maximum absolute atomic E-state index is 5.42. The Kier molecular flexibility index (Phi) is 4.44. The Hall–Kier alpha value is -1.26. The van der Waals surface area contributed by atoms with Crippen molar-refractivity contribution in [2.75, 3.05) is 33.9 Å². The van der Waals surface area contributed by atoms with Crippen LogP contribution in [0.1, 0.15) is 12.5 Å². The summed E-state index contributed by atoms with van der Waals surface area (Å²) in [5.41, 5.74) is 1.19. The van der Waals surface area contributed by atoms with Gasteiger partial charge in [-0.1, -0.05) is 0 Å². The number of nitrogens with one attached hydrogen (secondary N) is 1. The van der Waals surface area contributed by atoms with Crippen LogP contribution in [0.4, 0.5) is 0 Å². The van der Waals surface area contributed by atoms with Gasteiger partial charge in [0.25, 0.3) is 0 Å². The molecule has 0 aromatic heterocycles. The molecule has 1 saturated heterocycles. The fraction of sp³-hybridized carbons (Fsp3) is 0.571. The van der Waals surface area contributed by atoms with E-state index in [1.807, 2.05) is 12.1 Å². The van der Waals surface area contributed by atoms with Gasteiger partial charge < -0.3 is 14.8 Å². The van der Waals surface area contributed by atoms with Crippen LogP contribution >= 0.6 is 0 Å². The van der Waals surface area contributed by atoms with E-state index in [4.69, 9.17) is 9.47 Å². The number of hydrogen-bond donors (Lipinski definition) is 1. The monoisotopic (exact) mass is 250 g/mol. The lowest BCUT2D eigenvalue weighted by atomic mass is 10.1. The number of hydrogen-bond acceptors (Lipinski definition) is 4. The highest BCUT2D eigenvalue weighted by Gasteiger charge is 2.19. The fourth-order valence-corrected chi connectivity index (χ4v) is 2.34. The first-order valence-corrected chi connectivity index (χ1v) is 6.40. The quantitative estimate of drug-likeness (QED) is 0.878. The Labute approximate surface area is 109 Å². The fourth-order valence-electron chi connectivity index (χ4n) is 2.34. The summed E-state index contributed by atoms with van der Waals surface area (Å²) >= 11 is 0. The standard InChI is InChI=1S/C14H22N2O2/c1-11-9-15-6-7-16(11)10-12-8-13(17-2)4-5-14(12)18-3/h4-5,8,11,15H,6-7,9-10H2,1-3H3/t11-/m0/s1. The molecular formula is C14H22N2O2. The largest absolute Gasteiger partial charge is 0.497 e. The average molecular weight is 250 g/mol. The number of ether oxygens (including phenoxy) is 2. The Morgan fingerprint density at radius 1 is 1.33 bits per heavy atom. The molecule has 100 valence electrons. The Balaban J connectivity index is 2.15. The molecule has 1 aliphatic heterocycles. The molecule has 0 amide bonds. The molecule has 0 saturated carbocycles. The van der Waals surface area contributed by atoms with E-state index in [0.717, 1.165) is 37.7 Å². The highest BCUT2D eigenvalue weighted by Crippen LogP contribution is 2.26. The normalized spacial score (nSPS) is 20.7. The van der Waals surface area contributed by atoms with Crippen LogP contribution in [0.15, 0.2) is 18.2 Å². The molecular weight excluding hydrogens is 228 g/mol. The molecule has 0 radical (unpaired) electrons. The third-order valence-electron chi connectivity index (χ3n) is 3.50. The van der Waals surface area contributed by atoms with Crippen molar-refractivity contribution in [3.63, 3.8) is 0 Å². The van der Waals surface area contributed by atoms with Crippen molar-refractivity contribution in [3.8, 4) is 11.5 Å². The van der Waals surface area contributed by atoms with Gasteiger partial charge in [0.2, 0.25) is 0 Å². The van der Waals surface area contributed by atoms with E-state index in [1.54, 1.807) is 14.2 Å². The van der Waals surface area contributed by atoms with Gasteiger partial charge in [0, 0.05) is 37.8 Å². The van der Waals surface area contributed by atoms with Crippen LogP contribution in [-0.2, 0) is 6.54 Å². The molecule has 1 heterocycles. The summed E-state index contributed by atoms with van der Waals surface area (Å²) in [6.45, 7) is 6.33. The molecule has 1 fully saturated rings. The van der Waals surface area contributed by atoms with Crippen molar-refractivity contribution < 1.29 is 9.47 Å². The van der Waals surface area contributed by atoms with Gasteiger partial charge in [-0.05, 0) is 25.1 Å². The molecule has 1 N–H and O–H groups in total. The maximum Gasteiger partial charge on any atom is 0.123 e. The Morgan fingerprint density at radius 3 is 2.83 bits per heavy atom. The minimum atomic E-state index is 0.551. The molecule has 2 rings (SSSR count). The van der Waals surface area contributed by atoms with Gasteiger partial charge in [0.15, 0.2) is 0 Å². The highest BCUT2D eigenvalue weighted by atomic mass is 16.5. The SMILES string of the molecule is COc1ccc(OC)c(CN2CCNC[C@@H]2C)c1. The van der Waals surface area contributed by atoms with Crippen molar-refractivity contribution in [3.05, 3.63) is 23.8 Å². The van der Waals surface area contributed by atoms with Crippen molar-refractivity contribution in [2.24, 2.45) is 0 Å². The molecule has 1 aromatic carbocycles. The summed E-state index contributed by atoms with van der Waals surface area (Å²) in [7, 11) is 3.41. The van der Waals surface area contributed by atoms with Crippen LogP contribution in [0.5, 0.6) is 11.5 Å². The second kappa shape index (κ2) is 6.07. The third-order valence-corrected chi connectivity index (χ3v) is 3.50. The van der Waals surface area contributed by atoms with Crippen LogP contribution in [0.2, 0.25) is 0 Å². The molecule has 0 bridgehead atoms. The number of piperazine rings is 1. The van der Waals surface area contributed by atoms with Crippen molar-refractivity contribution in [1.29, 1.82) is 0 Å². The molecule has 0 spiro atoms. The molecule has 0 aliphatic carbocycles. The van der Waals surface area contributed by atoms with Crippen molar-refractivity contribution >= 4 is 0 Å². The zero-order valence-electron chi connectivity index (χ0n) is 11.4. The Morgan fingerprint density at radius 2 is 2.17 bits per heavy atom. The first-order chi connectivity index (χ1) is 8.74. The van der Waals surface area contributed by atoms with E-state index >= 15 is 0 Å². The van der Waals surface area contributed by atoms with Gasteiger partial charge in [0.1, 0.15) is 11.5 Å². The van der Waals surface area contributed by atoms with Crippen molar-refractivity contribution in [2.45, 2.75) is 19.5 Å². The first kappa shape index (κ1) is 13.2. The lowest BCUT2D eigenvalue weighted by Gasteiger charge is -2.34. The lowest BCUT2D eigenvalue weighted by Crippen LogP contribution is -2.49. The lowest BCUT2D eigenvalue weighted by molar-refractivity contribution is 0.164. The van der Waals surface area contributed by atoms with E-state index in [1.165, 1.54) is 5.56 Å². The summed E-state index contributed by atoms with van der Waals surface area (Å²) < 4.78 is 10.7. The van der Waals surface area contributed by atoms with Crippen molar-refractivity contribution in [1.82, 2.24) is 10.2 Å². The van der Waals surface area contributed by atoms with Gasteiger partial charge in [-0.3, -0.25) is 4.90 Å². The summed E-state index contributed by atoms with van der Waals surface area (Å²) in [5.74, 6) is 1.81. The zero-order chi connectivity index (χ0) is 13.0.